The van der Waals surface area contributed by atoms with Gasteiger partial charge < -0.3 is 10.1 Å². The normalized spacial score (nSPS) is 13.0. The minimum absolute atomic E-state index is 0.323. The third-order valence-electron chi connectivity index (χ3n) is 2.22. The van der Waals surface area contributed by atoms with Crippen molar-refractivity contribution in [1.82, 2.24) is 10.3 Å². The first-order chi connectivity index (χ1) is 7.26. The first kappa shape index (κ1) is 12.6. The van der Waals surface area contributed by atoms with E-state index in [0.29, 0.717) is 12.7 Å². The summed E-state index contributed by atoms with van der Waals surface area (Å²) in [6.07, 6.45) is 1.37. The van der Waals surface area contributed by atoms with Gasteiger partial charge in [-0.1, -0.05) is 13.8 Å². The highest BCUT2D eigenvalue weighted by Gasteiger charge is 2.03. The van der Waals surface area contributed by atoms with Crippen LogP contribution in [0.4, 0.5) is 0 Å². The van der Waals surface area contributed by atoms with E-state index in [2.05, 4.69) is 36.5 Å². The molecule has 1 heterocycles. The van der Waals surface area contributed by atoms with Crippen LogP contribution in [-0.2, 0) is 17.9 Å². The highest BCUT2D eigenvalue weighted by Crippen LogP contribution is 2.11. The monoisotopic (exact) mass is 228 g/mol. The maximum Gasteiger partial charge on any atom is 0.107 e. The lowest BCUT2D eigenvalue weighted by Crippen LogP contribution is -2.11. The molecule has 1 aromatic rings. The smallest absolute Gasteiger partial charge is 0.107 e. The highest BCUT2D eigenvalue weighted by molar-refractivity contribution is 7.09. The molecule has 4 heteroatoms. The van der Waals surface area contributed by atoms with E-state index in [9.17, 15) is 0 Å². The van der Waals surface area contributed by atoms with Gasteiger partial charge in [0.15, 0.2) is 0 Å². The molecule has 1 N–H and O–H groups in total. The van der Waals surface area contributed by atoms with Crippen molar-refractivity contribution in [2.24, 2.45) is 0 Å². The SMILES string of the molecule is CCNCc1nc(COC(C)CC)cs1. The van der Waals surface area contributed by atoms with Crippen LogP contribution in [0.15, 0.2) is 5.38 Å². The Morgan fingerprint density at radius 2 is 2.33 bits per heavy atom. The Bertz CT molecular complexity index is 275. The largest absolute Gasteiger partial charge is 0.372 e. The van der Waals surface area contributed by atoms with Gasteiger partial charge in [-0.25, -0.2) is 4.98 Å². The van der Waals surface area contributed by atoms with E-state index in [1.54, 1.807) is 11.3 Å². The van der Waals surface area contributed by atoms with Crippen LogP contribution in [0.2, 0.25) is 0 Å². The van der Waals surface area contributed by atoms with E-state index in [-0.39, 0.29) is 0 Å². The molecule has 15 heavy (non-hydrogen) atoms. The molecule has 0 amide bonds. The molecule has 0 spiro atoms. The second-order valence-corrected chi connectivity index (χ2v) is 4.49. The molecule has 0 fully saturated rings. The molecule has 0 aliphatic rings. The van der Waals surface area contributed by atoms with E-state index in [1.807, 2.05) is 0 Å². The summed E-state index contributed by atoms with van der Waals surface area (Å²) < 4.78 is 5.62. The average Bonchev–Trinajstić information content (AvgIpc) is 2.71. The van der Waals surface area contributed by atoms with Crippen LogP contribution in [0.25, 0.3) is 0 Å². The van der Waals surface area contributed by atoms with Gasteiger partial charge in [0.1, 0.15) is 5.01 Å². The molecular formula is C11H20N2OS. The fourth-order valence-electron chi connectivity index (χ4n) is 1.07. The molecule has 0 aliphatic heterocycles. The lowest BCUT2D eigenvalue weighted by Gasteiger charge is -2.08. The van der Waals surface area contributed by atoms with Crippen LogP contribution in [0, 0.1) is 0 Å². The van der Waals surface area contributed by atoms with E-state index >= 15 is 0 Å². The van der Waals surface area contributed by atoms with Crippen molar-refractivity contribution >= 4 is 11.3 Å². The molecule has 3 nitrogen and oxygen atoms in total. The van der Waals surface area contributed by atoms with Gasteiger partial charge in [-0.15, -0.1) is 11.3 Å². The Kier molecular flexibility index (Phi) is 5.83. The molecular weight excluding hydrogens is 208 g/mol. The Morgan fingerprint density at radius 3 is 3.00 bits per heavy atom. The fraction of sp³-hybridized carbons (Fsp3) is 0.727. The molecule has 0 aliphatic carbocycles. The van der Waals surface area contributed by atoms with E-state index < -0.39 is 0 Å². The first-order valence-corrected chi connectivity index (χ1v) is 6.39. The number of ether oxygens (including phenoxy) is 1. The molecule has 86 valence electrons. The summed E-state index contributed by atoms with van der Waals surface area (Å²) in [7, 11) is 0. The molecule has 0 aromatic carbocycles. The van der Waals surface area contributed by atoms with E-state index in [0.717, 1.165) is 30.2 Å². The number of nitrogens with one attached hydrogen (secondary N) is 1. The summed E-state index contributed by atoms with van der Waals surface area (Å²) in [6, 6.07) is 0. The predicted octanol–water partition coefficient (Wildman–Crippen LogP) is 2.57. The zero-order valence-corrected chi connectivity index (χ0v) is 10.6. The third kappa shape index (κ3) is 4.73. The van der Waals surface area contributed by atoms with Crippen molar-refractivity contribution in [3.63, 3.8) is 0 Å². The quantitative estimate of drug-likeness (QED) is 0.779. The van der Waals surface area contributed by atoms with E-state index in [1.165, 1.54) is 0 Å². The van der Waals surface area contributed by atoms with Gasteiger partial charge in [0.25, 0.3) is 0 Å². The maximum absolute atomic E-state index is 5.62. The minimum atomic E-state index is 0.323. The second-order valence-electron chi connectivity index (χ2n) is 3.54. The van der Waals surface area contributed by atoms with Crippen LogP contribution in [0.1, 0.15) is 37.9 Å². The predicted molar refractivity (Wildman–Crippen MR) is 64.0 cm³/mol. The summed E-state index contributed by atoms with van der Waals surface area (Å²) in [5, 5.41) is 6.48. The summed E-state index contributed by atoms with van der Waals surface area (Å²) in [6.45, 7) is 8.80. The van der Waals surface area contributed by atoms with Crippen molar-refractivity contribution in [3.8, 4) is 0 Å². The first-order valence-electron chi connectivity index (χ1n) is 5.51. The Morgan fingerprint density at radius 1 is 1.53 bits per heavy atom. The molecule has 0 saturated heterocycles. The Labute approximate surface area is 95.9 Å². The van der Waals surface area contributed by atoms with Gasteiger partial charge in [-0.05, 0) is 19.9 Å². The molecule has 1 rings (SSSR count). The highest BCUT2D eigenvalue weighted by atomic mass is 32.1. The summed E-state index contributed by atoms with van der Waals surface area (Å²) in [5.41, 5.74) is 1.05. The second kappa shape index (κ2) is 6.93. The summed E-state index contributed by atoms with van der Waals surface area (Å²) in [4.78, 5) is 4.49. The lowest BCUT2D eigenvalue weighted by atomic mass is 10.3. The van der Waals surface area contributed by atoms with Crippen molar-refractivity contribution in [3.05, 3.63) is 16.1 Å². The third-order valence-corrected chi connectivity index (χ3v) is 3.11. The van der Waals surface area contributed by atoms with Crippen molar-refractivity contribution in [1.29, 1.82) is 0 Å². The Balaban J connectivity index is 2.32. The van der Waals surface area contributed by atoms with Crippen LogP contribution in [0.5, 0.6) is 0 Å². The molecule has 0 bridgehead atoms. The number of aromatic nitrogens is 1. The zero-order chi connectivity index (χ0) is 11.1. The number of hydrogen-bond donors (Lipinski definition) is 1. The summed E-state index contributed by atoms with van der Waals surface area (Å²) >= 11 is 1.70. The van der Waals surface area contributed by atoms with Crippen molar-refractivity contribution < 1.29 is 4.74 Å². The molecule has 1 aromatic heterocycles. The topological polar surface area (TPSA) is 34.2 Å². The number of hydrogen-bond acceptors (Lipinski definition) is 4. The zero-order valence-electron chi connectivity index (χ0n) is 9.75. The molecule has 1 unspecified atom stereocenters. The van der Waals surface area contributed by atoms with Gasteiger partial charge in [-0.2, -0.15) is 0 Å². The van der Waals surface area contributed by atoms with Crippen LogP contribution >= 0.6 is 11.3 Å². The van der Waals surface area contributed by atoms with Crippen LogP contribution in [-0.4, -0.2) is 17.6 Å². The minimum Gasteiger partial charge on any atom is -0.372 e. The average molecular weight is 228 g/mol. The Hall–Kier alpha value is -0.450. The molecule has 0 radical (unpaired) electrons. The maximum atomic E-state index is 5.62. The fourth-order valence-corrected chi connectivity index (χ4v) is 1.82. The van der Waals surface area contributed by atoms with Crippen molar-refractivity contribution in [2.75, 3.05) is 6.54 Å². The van der Waals surface area contributed by atoms with Crippen LogP contribution in [0.3, 0.4) is 0 Å². The number of nitrogens with zero attached hydrogens (tertiary/aromatic N) is 1. The lowest BCUT2D eigenvalue weighted by molar-refractivity contribution is 0.0491. The van der Waals surface area contributed by atoms with Gasteiger partial charge in [-0.3, -0.25) is 0 Å². The number of thiazole rings is 1. The molecule has 0 saturated carbocycles. The molecule has 1 atom stereocenters. The standard InChI is InChI=1S/C11H20N2OS/c1-4-9(3)14-7-10-8-15-11(13-10)6-12-5-2/h8-9,12H,4-7H2,1-3H3. The van der Waals surface area contributed by atoms with Gasteiger partial charge in [0.05, 0.1) is 18.4 Å². The summed E-state index contributed by atoms with van der Waals surface area (Å²) in [5.74, 6) is 0. The van der Waals surface area contributed by atoms with Gasteiger partial charge >= 0.3 is 0 Å². The van der Waals surface area contributed by atoms with Gasteiger partial charge in [0.2, 0.25) is 0 Å². The number of rotatable bonds is 7. The van der Waals surface area contributed by atoms with Gasteiger partial charge in [0, 0.05) is 11.9 Å². The van der Waals surface area contributed by atoms with Crippen molar-refractivity contribution in [2.45, 2.75) is 46.4 Å². The van der Waals surface area contributed by atoms with E-state index in [4.69, 9.17) is 4.74 Å². The van der Waals surface area contributed by atoms with Crippen LogP contribution < -0.4 is 5.32 Å².